The minimum absolute atomic E-state index is 0.0209. The van der Waals surface area contributed by atoms with E-state index in [1.165, 1.54) is 19.1 Å². The van der Waals surface area contributed by atoms with Crippen molar-refractivity contribution in [3.63, 3.8) is 0 Å². The summed E-state index contributed by atoms with van der Waals surface area (Å²) >= 11 is 0. The first-order chi connectivity index (χ1) is 16.2. The van der Waals surface area contributed by atoms with Crippen molar-refractivity contribution < 1.29 is 51.7 Å². The number of esters is 1. The minimum atomic E-state index is -4.03. The minimum Gasteiger partial charge on any atom is -0.468 e. The van der Waals surface area contributed by atoms with E-state index in [1.54, 1.807) is 13.8 Å². The van der Waals surface area contributed by atoms with Crippen LogP contribution in [0.25, 0.3) is 0 Å². The molecule has 0 aromatic carbocycles. The first-order valence-electron chi connectivity index (χ1n) is 10.8. The number of carbonyl (C=O) groups is 3. The van der Waals surface area contributed by atoms with Gasteiger partial charge >= 0.3 is 26.0 Å². The van der Waals surface area contributed by atoms with Crippen LogP contribution in [-0.4, -0.2) is 89.5 Å². The van der Waals surface area contributed by atoms with Crippen LogP contribution in [0.5, 0.6) is 0 Å². The second-order valence-electron chi connectivity index (χ2n) is 6.50. The molecule has 0 unspecified atom stereocenters. The van der Waals surface area contributed by atoms with E-state index in [2.05, 4.69) is 19.0 Å². The van der Waals surface area contributed by atoms with E-state index in [1.807, 2.05) is 0 Å². The Morgan fingerprint density at radius 2 is 1.26 bits per heavy atom. The second-order valence-corrected chi connectivity index (χ2v) is 8.16. The molecule has 0 aliphatic carbocycles. The summed E-state index contributed by atoms with van der Waals surface area (Å²) in [6.07, 6.45) is 0.0728. The number of guanidine groups is 1. The molecule has 0 saturated heterocycles. The zero-order chi connectivity index (χ0) is 25.8. The summed E-state index contributed by atoms with van der Waals surface area (Å²) in [7, 11) is -1.36. The highest BCUT2D eigenvalue weighted by Crippen LogP contribution is 2.50. The van der Waals surface area contributed by atoms with Crippen LogP contribution in [0.1, 0.15) is 39.5 Å². The molecule has 0 aliphatic heterocycles. The number of ether oxygens (including phenoxy) is 5. The van der Waals surface area contributed by atoms with E-state index in [0.29, 0.717) is 25.7 Å². The third kappa shape index (κ3) is 16.1. The summed E-state index contributed by atoms with van der Waals surface area (Å²) in [5.74, 6) is -0.814. The number of rotatable bonds is 17. The lowest BCUT2D eigenvalue weighted by molar-refractivity contribution is -0.140. The SMILES string of the molecule is CCOC(=O)OCCCCOP(=O)(N=C(N)N(C)CC(=O)OC)OCCCCOC(=O)OCC. The van der Waals surface area contributed by atoms with Gasteiger partial charge in [0.1, 0.15) is 6.54 Å². The molecule has 0 radical (unpaired) electrons. The third-order valence-corrected chi connectivity index (χ3v) is 5.23. The number of hydrogen-bond donors (Lipinski definition) is 1. The van der Waals surface area contributed by atoms with E-state index in [4.69, 9.17) is 24.3 Å². The number of methoxy groups -OCH3 is 1. The average Bonchev–Trinajstić information content (AvgIpc) is 2.78. The molecular weight excluding hydrogens is 477 g/mol. The van der Waals surface area contributed by atoms with Crippen molar-refractivity contribution in [2.24, 2.45) is 10.5 Å². The van der Waals surface area contributed by atoms with Crippen LogP contribution < -0.4 is 5.73 Å². The van der Waals surface area contributed by atoms with E-state index in [-0.39, 0.29) is 52.1 Å². The van der Waals surface area contributed by atoms with Crippen molar-refractivity contribution in [2.45, 2.75) is 39.5 Å². The molecule has 15 heteroatoms. The third-order valence-electron chi connectivity index (χ3n) is 3.76. The highest BCUT2D eigenvalue weighted by Gasteiger charge is 2.26. The molecule has 0 saturated carbocycles. The second kappa shape index (κ2) is 18.8. The maximum absolute atomic E-state index is 13.1. The van der Waals surface area contributed by atoms with Crippen LogP contribution in [0.2, 0.25) is 0 Å². The molecule has 0 aromatic rings. The van der Waals surface area contributed by atoms with Gasteiger partial charge in [0.15, 0.2) is 0 Å². The quantitative estimate of drug-likeness (QED) is 0.0750. The smallest absolute Gasteiger partial charge is 0.468 e. The zero-order valence-electron chi connectivity index (χ0n) is 20.2. The predicted octanol–water partition coefficient (Wildman–Crippen LogP) is 2.45. The average molecular weight is 513 g/mol. The Morgan fingerprint density at radius 1 is 0.824 bits per heavy atom. The van der Waals surface area contributed by atoms with Crippen LogP contribution in [0.15, 0.2) is 4.76 Å². The van der Waals surface area contributed by atoms with Gasteiger partial charge in [-0.1, -0.05) is 0 Å². The summed E-state index contributed by atoms with van der Waals surface area (Å²) in [6, 6.07) is 0. The Labute approximate surface area is 199 Å². The molecule has 0 bridgehead atoms. The number of nitrogens with zero attached hydrogens (tertiary/aromatic N) is 2. The Hall–Kier alpha value is -2.57. The molecule has 0 rings (SSSR count). The molecule has 0 heterocycles. The highest BCUT2D eigenvalue weighted by atomic mass is 31.2. The number of nitrogens with two attached hydrogens (primary N) is 1. The lowest BCUT2D eigenvalue weighted by Gasteiger charge is -2.19. The monoisotopic (exact) mass is 513 g/mol. The lowest BCUT2D eigenvalue weighted by atomic mass is 10.3. The Morgan fingerprint density at radius 3 is 1.68 bits per heavy atom. The van der Waals surface area contributed by atoms with E-state index in [0.717, 1.165) is 0 Å². The van der Waals surface area contributed by atoms with Crippen molar-refractivity contribution in [1.82, 2.24) is 4.90 Å². The van der Waals surface area contributed by atoms with E-state index >= 15 is 0 Å². The van der Waals surface area contributed by atoms with Crippen molar-refractivity contribution in [2.75, 3.05) is 60.3 Å². The summed E-state index contributed by atoms with van der Waals surface area (Å²) in [6.45, 7) is 3.68. The topological polar surface area (TPSA) is 175 Å². The molecule has 0 atom stereocenters. The standard InChI is InChI=1S/C19H36N3O11P/c1-5-28-18(24)30-11-7-9-13-32-34(26,21-17(20)22(3)15-16(23)27-4)33-14-10-8-12-31-19(25)29-6-2/h5-15H2,1-4H3,(H2,20,21,26). The van der Waals surface area contributed by atoms with Crippen LogP contribution in [0.3, 0.4) is 0 Å². The van der Waals surface area contributed by atoms with Crippen LogP contribution in [-0.2, 0) is 42.1 Å². The van der Waals surface area contributed by atoms with Crippen LogP contribution in [0, 0.1) is 0 Å². The Balaban J connectivity index is 4.73. The van der Waals surface area contributed by atoms with Gasteiger partial charge in [0.2, 0.25) is 5.96 Å². The molecule has 0 aromatic heterocycles. The molecule has 2 N–H and O–H groups in total. The lowest BCUT2D eigenvalue weighted by Crippen LogP contribution is -2.38. The fourth-order valence-electron chi connectivity index (χ4n) is 2.03. The van der Waals surface area contributed by atoms with E-state index < -0.39 is 26.0 Å². The fourth-order valence-corrected chi connectivity index (χ4v) is 3.35. The molecule has 0 aliphatic rings. The van der Waals surface area contributed by atoms with Gasteiger partial charge in [-0.25, -0.2) is 14.2 Å². The van der Waals surface area contributed by atoms with Crippen molar-refractivity contribution in [3.05, 3.63) is 0 Å². The molecule has 0 amide bonds. The number of hydrogen-bond acceptors (Lipinski definition) is 11. The van der Waals surface area contributed by atoms with Crippen LogP contribution in [0.4, 0.5) is 9.59 Å². The molecule has 0 fully saturated rings. The molecule has 198 valence electrons. The molecule has 14 nitrogen and oxygen atoms in total. The Bertz CT molecular complexity index is 656. The first kappa shape index (κ1) is 31.4. The van der Waals surface area contributed by atoms with Crippen molar-refractivity contribution >= 4 is 32.0 Å². The van der Waals surface area contributed by atoms with Gasteiger partial charge in [-0.3, -0.25) is 13.8 Å². The highest BCUT2D eigenvalue weighted by molar-refractivity contribution is 7.52. The number of unbranched alkanes of at least 4 members (excludes halogenated alkanes) is 2. The van der Waals surface area contributed by atoms with Gasteiger partial charge in [-0.2, -0.15) is 0 Å². The maximum Gasteiger partial charge on any atom is 0.508 e. The van der Waals surface area contributed by atoms with Gasteiger partial charge < -0.3 is 34.3 Å². The summed E-state index contributed by atoms with van der Waals surface area (Å²) in [5, 5.41) is 0. The normalized spacial score (nSPS) is 11.5. The van der Waals surface area contributed by atoms with Gasteiger partial charge in [0.25, 0.3) is 0 Å². The summed E-state index contributed by atoms with van der Waals surface area (Å²) < 4.78 is 51.1. The Kier molecular flexibility index (Phi) is 17.4. The summed E-state index contributed by atoms with van der Waals surface area (Å²) in [4.78, 5) is 34.9. The van der Waals surface area contributed by atoms with Crippen molar-refractivity contribution in [3.8, 4) is 0 Å². The van der Waals surface area contributed by atoms with E-state index in [9.17, 15) is 18.9 Å². The maximum atomic E-state index is 13.1. The molecular formula is C19H36N3O11P. The van der Waals surface area contributed by atoms with Gasteiger partial charge in [-0.15, -0.1) is 4.76 Å². The predicted molar refractivity (Wildman–Crippen MR) is 120 cm³/mol. The van der Waals surface area contributed by atoms with Gasteiger partial charge in [-0.05, 0) is 39.5 Å². The molecule has 34 heavy (non-hydrogen) atoms. The zero-order valence-corrected chi connectivity index (χ0v) is 21.1. The van der Waals surface area contributed by atoms with Crippen molar-refractivity contribution in [1.29, 1.82) is 0 Å². The summed E-state index contributed by atoms with van der Waals surface area (Å²) in [5.41, 5.74) is 5.83. The number of carbonyl (C=O) groups excluding carboxylic acids is 3. The van der Waals surface area contributed by atoms with Gasteiger partial charge in [0, 0.05) is 7.05 Å². The number of likely N-dealkylation sites (N-methyl/N-ethyl adjacent to an activating group) is 1. The van der Waals surface area contributed by atoms with Gasteiger partial charge in [0.05, 0.1) is 46.8 Å². The fraction of sp³-hybridized carbons (Fsp3) is 0.789. The largest absolute Gasteiger partial charge is 0.508 e. The first-order valence-corrected chi connectivity index (χ1v) is 12.3. The molecule has 0 spiro atoms. The van der Waals surface area contributed by atoms with Crippen LogP contribution >= 0.6 is 7.75 Å².